The number of nitrogens with zero attached hydrogens (tertiary/aromatic N) is 4. The predicted octanol–water partition coefficient (Wildman–Crippen LogP) is 3.33. The molecule has 8 nitrogen and oxygen atoms in total. The van der Waals surface area contributed by atoms with E-state index in [0.717, 1.165) is 61.5 Å². The van der Waals surface area contributed by atoms with Crippen LogP contribution in [0.4, 0.5) is 0 Å². The van der Waals surface area contributed by atoms with Crippen LogP contribution in [-0.2, 0) is 14.3 Å². The lowest BCUT2D eigenvalue weighted by Gasteiger charge is -2.34. The number of amides is 2. The average molecular weight is 505 g/mol. The third-order valence-electron chi connectivity index (χ3n) is 7.64. The Morgan fingerprint density at radius 3 is 2.57 bits per heavy atom. The van der Waals surface area contributed by atoms with Crippen molar-refractivity contribution in [2.24, 2.45) is 11.0 Å². The number of morpholine rings is 1. The van der Waals surface area contributed by atoms with E-state index in [9.17, 15) is 9.59 Å². The maximum atomic E-state index is 13.8. The molecule has 0 unspecified atom stereocenters. The van der Waals surface area contributed by atoms with Crippen molar-refractivity contribution in [3.8, 4) is 5.75 Å². The molecule has 1 atom stereocenters. The van der Waals surface area contributed by atoms with Crippen LogP contribution in [0.3, 0.4) is 0 Å². The van der Waals surface area contributed by atoms with Crippen molar-refractivity contribution in [3.63, 3.8) is 0 Å². The largest absolute Gasteiger partial charge is 0.497 e. The molecule has 2 fully saturated rings. The number of carbonyl (C=O) groups is 2. The Labute approximate surface area is 218 Å². The van der Waals surface area contributed by atoms with Crippen LogP contribution in [0.2, 0.25) is 0 Å². The molecule has 8 heteroatoms. The van der Waals surface area contributed by atoms with Gasteiger partial charge in [0, 0.05) is 44.1 Å². The fourth-order valence-electron chi connectivity index (χ4n) is 5.16. The maximum Gasteiger partial charge on any atom is 0.262 e. The van der Waals surface area contributed by atoms with Crippen LogP contribution >= 0.6 is 0 Å². The van der Waals surface area contributed by atoms with Crippen molar-refractivity contribution >= 4 is 17.5 Å². The number of carbonyl (C=O) groups excluding carboxylic acids is 2. The van der Waals surface area contributed by atoms with Crippen LogP contribution in [0.5, 0.6) is 5.75 Å². The number of ether oxygens (including phenoxy) is 2. The van der Waals surface area contributed by atoms with Crippen molar-refractivity contribution in [1.29, 1.82) is 0 Å². The highest BCUT2D eigenvalue weighted by atomic mass is 16.5. The summed E-state index contributed by atoms with van der Waals surface area (Å²) in [7, 11) is 1.64. The topological polar surface area (TPSA) is 74.7 Å². The Balaban J connectivity index is 1.36. The van der Waals surface area contributed by atoms with Gasteiger partial charge in [-0.25, -0.2) is 5.01 Å². The third kappa shape index (κ3) is 6.02. The quantitative estimate of drug-likeness (QED) is 0.524. The van der Waals surface area contributed by atoms with Gasteiger partial charge in [-0.2, -0.15) is 5.10 Å². The van der Waals surface area contributed by atoms with Gasteiger partial charge in [0.15, 0.2) is 0 Å². The molecule has 5 rings (SSSR count). The number of methoxy groups -OCH3 is 1. The second-order valence-electron chi connectivity index (χ2n) is 9.99. The van der Waals surface area contributed by atoms with Crippen molar-refractivity contribution < 1.29 is 19.1 Å². The molecule has 0 bridgehead atoms. The fourth-order valence-corrected chi connectivity index (χ4v) is 5.16. The van der Waals surface area contributed by atoms with Gasteiger partial charge in [0.1, 0.15) is 12.3 Å². The van der Waals surface area contributed by atoms with E-state index in [4.69, 9.17) is 14.6 Å². The van der Waals surface area contributed by atoms with Gasteiger partial charge in [-0.3, -0.25) is 14.5 Å². The Morgan fingerprint density at radius 2 is 1.86 bits per heavy atom. The third-order valence-corrected chi connectivity index (χ3v) is 7.64. The van der Waals surface area contributed by atoms with Crippen molar-refractivity contribution in [1.82, 2.24) is 14.8 Å². The summed E-state index contributed by atoms with van der Waals surface area (Å²) >= 11 is 0. The fraction of sp³-hybridized carbons (Fsp3) is 0.483. The zero-order valence-corrected chi connectivity index (χ0v) is 21.6. The van der Waals surface area contributed by atoms with Gasteiger partial charge in [-0.05, 0) is 30.5 Å². The van der Waals surface area contributed by atoms with E-state index in [1.807, 2.05) is 54.6 Å². The summed E-state index contributed by atoms with van der Waals surface area (Å²) in [4.78, 5) is 31.2. The highest BCUT2D eigenvalue weighted by Crippen LogP contribution is 2.34. The second-order valence-corrected chi connectivity index (χ2v) is 9.99. The number of rotatable bonds is 9. The SMILES string of the molecule is COc1cccc(C2=NN(C(=O)CN(CCN3CCOCC3)C(=O)C3CCC3)[C@H](c3ccccc3)C2)c1. The van der Waals surface area contributed by atoms with Gasteiger partial charge in [0.05, 0.1) is 32.1 Å². The molecular weight excluding hydrogens is 468 g/mol. The molecule has 0 N–H and O–H groups in total. The number of hydrogen-bond acceptors (Lipinski definition) is 6. The van der Waals surface area contributed by atoms with Gasteiger partial charge in [0.2, 0.25) is 5.91 Å². The monoisotopic (exact) mass is 504 g/mol. The highest BCUT2D eigenvalue weighted by molar-refractivity contribution is 6.03. The van der Waals surface area contributed by atoms with Crippen LogP contribution in [0.25, 0.3) is 0 Å². The summed E-state index contributed by atoms with van der Waals surface area (Å²) in [5.41, 5.74) is 2.80. The number of hydrazone groups is 1. The smallest absolute Gasteiger partial charge is 0.262 e. The normalized spacial score (nSPS) is 20.3. The lowest BCUT2D eigenvalue weighted by Crippen LogP contribution is -2.49. The van der Waals surface area contributed by atoms with E-state index >= 15 is 0 Å². The van der Waals surface area contributed by atoms with E-state index in [1.165, 1.54) is 0 Å². The standard InChI is InChI=1S/C29H36N4O4/c1-36-25-12-6-11-24(19-25)26-20-27(22-7-3-2-4-8-22)33(30-26)28(34)21-32(29(35)23-9-5-10-23)14-13-31-15-17-37-18-16-31/h2-4,6-8,11-12,19,23,27H,5,9-10,13-18,20-21H2,1H3/t27-/m0/s1. The average Bonchev–Trinajstić information content (AvgIpc) is 3.37. The van der Waals surface area contributed by atoms with E-state index in [-0.39, 0.29) is 30.3 Å². The van der Waals surface area contributed by atoms with Gasteiger partial charge in [-0.15, -0.1) is 0 Å². The summed E-state index contributed by atoms with van der Waals surface area (Å²) in [6.07, 6.45) is 3.51. The molecule has 2 aromatic carbocycles. The van der Waals surface area contributed by atoms with E-state index in [2.05, 4.69) is 4.90 Å². The first kappa shape index (κ1) is 25.4. The molecule has 2 aromatic rings. The second kappa shape index (κ2) is 11.9. The molecule has 0 radical (unpaired) electrons. The molecule has 1 saturated heterocycles. The number of hydrogen-bond donors (Lipinski definition) is 0. The molecule has 1 aliphatic carbocycles. The van der Waals surface area contributed by atoms with Gasteiger partial charge in [-0.1, -0.05) is 48.9 Å². The maximum absolute atomic E-state index is 13.8. The molecule has 2 aliphatic heterocycles. The van der Waals surface area contributed by atoms with Gasteiger partial charge >= 0.3 is 0 Å². The first-order chi connectivity index (χ1) is 18.1. The molecule has 1 saturated carbocycles. The van der Waals surface area contributed by atoms with E-state index in [0.29, 0.717) is 26.2 Å². The van der Waals surface area contributed by atoms with E-state index < -0.39 is 0 Å². The Morgan fingerprint density at radius 1 is 1.08 bits per heavy atom. The van der Waals surface area contributed by atoms with Crippen LogP contribution in [0.15, 0.2) is 59.7 Å². The Hall–Kier alpha value is -3.23. The van der Waals surface area contributed by atoms with Gasteiger partial charge < -0.3 is 14.4 Å². The lowest BCUT2D eigenvalue weighted by atomic mass is 9.84. The van der Waals surface area contributed by atoms with Gasteiger partial charge in [0.25, 0.3) is 5.91 Å². The van der Waals surface area contributed by atoms with Crippen LogP contribution < -0.4 is 4.74 Å². The summed E-state index contributed by atoms with van der Waals surface area (Å²) in [5.74, 6) is 0.736. The Kier molecular flexibility index (Phi) is 8.16. The van der Waals surface area contributed by atoms with Crippen LogP contribution in [0, 0.1) is 5.92 Å². The molecule has 196 valence electrons. The van der Waals surface area contributed by atoms with Crippen LogP contribution in [-0.4, -0.2) is 85.4 Å². The molecule has 2 heterocycles. The zero-order valence-electron chi connectivity index (χ0n) is 21.6. The predicted molar refractivity (Wildman–Crippen MR) is 141 cm³/mol. The number of benzene rings is 2. The minimum Gasteiger partial charge on any atom is -0.497 e. The van der Waals surface area contributed by atoms with Crippen molar-refractivity contribution in [3.05, 3.63) is 65.7 Å². The summed E-state index contributed by atoms with van der Waals surface area (Å²) in [5, 5.41) is 6.41. The van der Waals surface area contributed by atoms with E-state index in [1.54, 1.807) is 17.0 Å². The van der Waals surface area contributed by atoms with Crippen LogP contribution in [0.1, 0.15) is 42.9 Å². The minimum absolute atomic E-state index is 0.0387. The molecule has 3 aliphatic rings. The first-order valence-corrected chi connectivity index (χ1v) is 13.3. The summed E-state index contributed by atoms with van der Waals surface area (Å²) < 4.78 is 10.9. The van der Waals surface area contributed by atoms with Crippen molar-refractivity contribution in [2.45, 2.75) is 31.7 Å². The highest BCUT2D eigenvalue weighted by Gasteiger charge is 2.36. The first-order valence-electron chi connectivity index (χ1n) is 13.3. The molecule has 37 heavy (non-hydrogen) atoms. The Bertz CT molecular complexity index is 1110. The zero-order chi connectivity index (χ0) is 25.6. The molecule has 2 amide bonds. The summed E-state index contributed by atoms with van der Waals surface area (Å²) in [6, 6.07) is 17.6. The van der Waals surface area contributed by atoms with Crippen molar-refractivity contribution in [2.75, 3.05) is 53.0 Å². The lowest BCUT2D eigenvalue weighted by molar-refractivity contribution is -0.145. The minimum atomic E-state index is -0.213. The molecular formula is C29H36N4O4. The molecule has 0 spiro atoms. The molecule has 0 aromatic heterocycles. The summed E-state index contributed by atoms with van der Waals surface area (Å²) in [6.45, 7) is 4.46.